The Balaban J connectivity index is 3.15. The molecule has 0 aromatic carbocycles. The van der Waals surface area contributed by atoms with Crippen LogP contribution in [-0.4, -0.2) is 34.7 Å². The number of likely N-dealkylation sites (N-methyl/N-ethyl adjacent to an activating group) is 1. The van der Waals surface area contributed by atoms with Gasteiger partial charge in [0, 0.05) is 25.9 Å². The van der Waals surface area contributed by atoms with Gasteiger partial charge < -0.3 is 10.0 Å². The second-order valence-electron chi connectivity index (χ2n) is 3.67. The highest BCUT2D eigenvalue weighted by molar-refractivity contribution is 5.59. The topological polar surface area (TPSA) is 103 Å². The maximum Gasteiger partial charge on any atom is 0.312 e. The lowest BCUT2D eigenvalue weighted by Crippen LogP contribution is -2.28. The molecule has 7 nitrogen and oxygen atoms in total. The Labute approximate surface area is 98.1 Å². The number of rotatable bonds is 4. The van der Waals surface area contributed by atoms with Gasteiger partial charge in [-0.3, -0.25) is 10.1 Å². The fourth-order valence-corrected chi connectivity index (χ4v) is 1.42. The molecule has 1 N–H and O–H groups in total. The number of aliphatic hydroxyl groups is 1. The number of nitriles is 1. The summed E-state index contributed by atoms with van der Waals surface area (Å²) in [6.07, 6.45) is 0.637. The predicted octanol–water partition coefficient (Wildman–Crippen LogP) is 0.678. The minimum Gasteiger partial charge on any atom is -0.392 e. The molecule has 0 aliphatic rings. The summed E-state index contributed by atoms with van der Waals surface area (Å²) in [5, 5.41) is 28.7. The first kappa shape index (κ1) is 12.9. The van der Waals surface area contributed by atoms with Crippen molar-refractivity contribution in [3.05, 3.63) is 27.9 Å². The number of aromatic nitrogens is 1. The zero-order valence-corrected chi connectivity index (χ0v) is 9.49. The molecule has 1 heterocycles. The van der Waals surface area contributed by atoms with Crippen LogP contribution in [0.4, 0.5) is 11.5 Å². The standard InChI is InChI=1S/C10H12N4O3/c1-7(15)6-13(2)10-9(14(16)17)3-8(4-11)5-12-10/h3,5,7,15H,6H2,1-2H3. The van der Waals surface area contributed by atoms with E-state index in [9.17, 15) is 15.2 Å². The minimum atomic E-state index is -0.628. The van der Waals surface area contributed by atoms with Gasteiger partial charge in [0.15, 0.2) is 0 Å². The monoisotopic (exact) mass is 236 g/mol. The van der Waals surface area contributed by atoms with Crippen LogP contribution in [0.2, 0.25) is 0 Å². The molecule has 0 fully saturated rings. The maximum atomic E-state index is 10.8. The van der Waals surface area contributed by atoms with Crippen molar-refractivity contribution >= 4 is 11.5 Å². The number of hydrogen-bond donors (Lipinski definition) is 1. The Bertz CT molecular complexity index is 467. The van der Waals surface area contributed by atoms with E-state index in [0.717, 1.165) is 0 Å². The van der Waals surface area contributed by atoms with Crippen LogP contribution in [0.15, 0.2) is 12.3 Å². The fourth-order valence-electron chi connectivity index (χ4n) is 1.42. The molecular formula is C10H12N4O3. The molecule has 1 aromatic heterocycles. The molecule has 1 atom stereocenters. The van der Waals surface area contributed by atoms with Crippen LogP contribution in [0, 0.1) is 21.4 Å². The summed E-state index contributed by atoms with van der Waals surface area (Å²) < 4.78 is 0. The molecule has 0 aliphatic heterocycles. The highest BCUT2D eigenvalue weighted by Crippen LogP contribution is 2.25. The van der Waals surface area contributed by atoms with Crippen molar-refractivity contribution < 1.29 is 10.0 Å². The summed E-state index contributed by atoms with van der Waals surface area (Å²) in [4.78, 5) is 15.6. The van der Waals surface area contributed by atoms with E-state index in [1.807, 2.05) is 0 Å². The predicted molar refractivity (Wildman–Crippen MR) is 60.6 cm³/mol. The molecule has 1 aromatic rings. The van der Waals surface area contributed by atoms with E-state index in [4.69, 9.17) is 5.26 Å². The molecule has 0 amide bonds. The second-order valence-corrected chi connectivity index (χ2v) is 3.67. The lowest BCUT2D eigenvalue weighted by Gasteiger charge is -2.19. The molecule has 0 saturated carbocycles. The molecule has 1 unspecified atom stereocenters. The average Bonchev–Trinajstić information content (AvgIpc) is 2.27. The van der Waals surface area contributed by atoms with Gasteiger partial charge in [-0.25, -0.2) is 4.98 Å². The first-order chi connectivity index (χ1) is 7.95. The number of hydrogen-bond acceptors (Lipinski definition) is 6. The summed E-state index contributed by atoms with van der Waals surface area (Å²) in [7, 11) is 1.59. The molecular weight excluding hydrogens is 224 g/mol. The minimum absolute atomic E-state index is 0.130. The quantitative estimate of drug-likeness (QED) is 0.609. The molecule has 1 rings (SSSR count). The average molecular weight is 236 g/mol. The largest absolute Gasteiger partial charge is 0.392 e. The third-order valence-corrected chi connectivity index (χ3v) is 2.07. The van der Waals surface area contributed by atoms with Crippen LogP contribution < -0.4 is 4.90 Å². The van der Waals surface area contributed by atoms with Crippen molar-refractivity contribution in [1.82, 2.24) is 4.98 Å². The summed E-state index contributed by atoms with van der Waals surface area (Å²) in [6, 6.07) is 2.96. The first-order valence-corrected chi connectivity index (χ1v) is 4.89. The van der Waals surface area contributed by atoms with Gasteiger partial charge >= 0.3 is 5.69 Å². The van der Waals surface area contributed by atoms with E-state index in [0.29, 0.717) is 0 Å². The van der Waals surface area contributed by atoms with E-state index < -0.39 is 11.0 Å². The van der Waals surface area contributed by atoms with Gasteiger partial charge in [0.1, 0.15) is 6.07 Å². The zero-order valence-electron chi connectivity index (χ0n) is 9.49. The lowest BCUT2D eigenvalue weighted by molar-refractivity contribution is -0.384. The normalized spacial score (nSPS) is 11.6. The van der Waals surface area contributed by atoms with Crippen LogP contribution in [-0.2, 0) is 0 Å². The molecule has 7 heteroatoms. The van der Waals surface area contributed by atoms with Gasteiger partial charge in [0.05, 0.1) is 16.6 Å². The number of nitrogens with zero attached hydrogens (tertiary/aromatic N) is 4. The molecule has 0 saturated heterocycles. The fraction of sp³-hybridized carbons (Fsp3) is 0.400. The maximum absolute atomic E-state index is 10.8. The van der Waals surface area contributed by atoms with Crippen molar-refractivity contribution in [3.63, 3.8) is 0 Å². The molecule has 0 radical (unpaired) electrons. The van der Waals surface area contributed by atoms with Gasteiger partial charge in [-0.05, 0) is 6.92 Å². The Hall–Kier alpha value is -2.20. The van der Waals surface area contributed by atoms with E-state index in [1.54, 1.807) is 20.0 Å². The van der Waals surface area contributed by atoms with Crippen LogP contribution >= 0.6 is 0 Å². The van der Waals surface area contributed by atoms with Crippen LogP contribution in [0.25, 0.3) is 0 Å². The number of anilines is 1. The molecule has 0 bridgehead atoms. The highest BCUT2D eigenvalue weighted by atomic mass is 16.6. The van der Waals surface area contributed by atoms with E-state index in [-0.39, 0.29) is 23.6 Å². The Morgan fingerprint density at radius 3 is 2.88 bits per heavy atom. The van der Waals surface area contributed by atoms with Crippen LogP contribution in [0.1, 0.15) is 12.5 Å². The van der Waals surface area contributed by atoms with Gasteiger partial charge in [-0.1, -0.05) is 0 Å². The van der Waals surface area contributed by atoms with Crippen molar-refractivity contribution in [2.45, 2.75) is 13.0 Å². The Kier molecular flexibility index (Phi) is 3.96. The zero-order chi connectivity index (χ0) is 13.0. The molecule has 17 heavy (non-hydrogen) atoms. The number of aliphatic hydroxyl groups excluding tert-OH is 1. The van der Waals surface area contributed by atoms with Gasteiger partial charge in [0.2, 0.25) is 5.82 Å². The van der Waals surface area contributed by atoms with Crippen molar-refractivity contribution in [2.24, 2.45) is 0 Å². The van der Waals surface area contributed by atoms with Gasteiger partial charge in [-0.2, -0.15) is 5.26 Å². The molecule has 0 aliphatic carbocycles. The van der Waals surface area contributed by atoms with Crippen molar-refractivity contribution in [2.75, 3.05) is 18.5 Å². The second kappa shape index (κ2) is 5.23. The Morgan fingerprint density at radius 1 is 1.76 bits per heavy atom. The SMILES string of the molecule is CC(O)CN(C)c1ncc(C#N)cc1[N+](=O)[O-]. The summed E-state index contributed by atoms with van der Waals surface area (Å²) in [5.74, 6) is 0.134. The number of pyridine rings is 1. The summed E-state index contributed by atoms with van der Waals surface area (Å²) in [5.41, 5.74) is -0.113. The van der Waals surface area contributed by atoms with E-state index in [2.05, 4.69) is 4.98 Å². The van der Waals surface area contributed by atoms with Crippen LogP contribution in [0.3, 0.4) is 0 Å². The highest BCUT2D eigenvalue weighted by Gasteiger charge is 2.20. The third kappa shape index (κ3) is 3.12. The summed E-state index contributed by atoms with van der Waals surface area (Å²) in [6.45, 7) is 1.80. The van der Waals surface area contributed by atoms with Gasteiger partial charge in [0.25, 0.3) is 0 Å². The molecule has 0 spiro atoms. The molecule has 90 valence electrons. The van der Waals surface area contributed by atoms with Crippen LogP contribution in [0.5, 0.6) is 0 Å². The van der Waals surface area contributed by atoms with E-state index >= 15 is 0 Å². The smallest absolute Gasteiger partial charge is 0.312 e. The lowest BCUT2D eigenvalue weighted by atomic mass is 10.2. The Morgan fingerprint density at radius 2 is 2.41 bits per heavy atom. The summed E-state index contributed by atoms with van der Waals surface area (Å²) >= 11 is 0. The first-order valence-electron chi connectivity index (χ1n) is 4.89. The van der Waals surface area contributed by atoms with Gasteiger partial charge in [-0.15, -0.1) is 0 Å². The van der Waals surface area contributed by atoms with Crippen molar-refractivity contribution in [1.29, 1.82) is 5.26 Å². The number of nitro groups is 1. The third-order valence-electron chi connectivity index (χ3n) is 2.07. The van der Waals surface area contributed by atoms with Crippen molar-refractivity contribution in [3.8, 4) is 6.07 Å². The van der Waals surface area contributed by atoms with E-state index in [1.165, 1.54) is 17.2 Å².